The minimum Gasteiger partial charge on any atom is -0.307 e. The molecule has 146 valence electrons. The highest BCUT2D eigenvalue weighted by atomic mass is 35.5. The highest BCUT2D eigenvalue weighted by molar-refractivity contribution is 6.31. The molecule has 0 radical (unpaired) electrons. The fraction of sp³-hybridized carbons (Fsp3) is 0.364. The van der Waals surface area contributed by atoms with Crippen molar-refractivity contribution in [3.05, 3.63) is 80.0 Å². The van der Waals surface area contributed by atoms with Crippen LogP contribution in [-0.2, 0) is 13.1 Å². The second-order valence-corrected chi connectivity index (χ2v) is 8.01. The first-order valence-corrected chi connectivity index (χ1v) is 10.2. The molecule has 1 aliphatic heterocycles. The van der Waals surface area contributed by atoms with Crippen LogP contribution in [0.2, 0.25) is 5.02 Å². The standard InChI is InChI=1S/C22H24ClN3O2/c23-18-6-7-19-20(14-18)24-22(28)26(21(19)27)13-10-16-8-11-25(12-9-16)15-17-4-2-1-3-5-17/h1-7,14,16H,8-13,15H2,(H,24,28). The van der Waals surface area contributed by atoms with Gasteiger partial charge in [-0.05, 0) is 62.0 Å². The first-order valence-electron chi connectivity index (χ1n) is 9.79. The first kappa shape index (κ1) is 19.0. The summed E-state index contributed by atoms with van der Waals surface area (Å²) in [5.74, 6) is 0.541. The number of H-pyrrole nitrogens is 1. The third-order valence-electron chi connectivity index (χ3n) is 5.66. The number of halogens is 1. The van der Waals surface area contributed by atoms with E-state index in [0.29, 0.717) is 28.4 Å². The van der Waals surface area contributed by atoms with Crippen LogP contribution in [0.1, 0.15) is 24.8 Å². The van der Waals surface area contributed by atoms with Gasteiger partial charge in [-0.2, -0.15) is 0 Å². The zero-order valence-electron chi connectivity index (χ0n) is 15.7. The predicted octanol–water partition coefficient (Wildman–Crippen LogP) is 3.65. The number of rotatable bonds is 5. The Labute approximate surface area is 168 Å². The fourth-order valence-electron chi connectivity index (χ4n) is 4.02. The van der Waals surface area contributed by atoms with Crippen molar-refractivity contribution in [3.8, 4) is 0 Å². The average Bonchev–Trinajstić information content (AvgIpc) is 2.69. The summed E-state index contributed by atoms with van der Waals surface area (Å²) in [6, 6.07) is 15.5. The van der Waals surface area contributed by atoms with Gasteiger partial charge in [0.15, 0.2) is 0 Å². The van der Waals surface area contributed by atoms with E-state index in [1.54, 1.807) is 18.2 Å². The summed E-state index contributed by atoms with van der Waals surface area (Å²) in [6.07, 6.45) is 3.05. The van der Waals surface area contributed by atoms with Gasteiger partial charge < -0.3 is 4.98 Å². The predicted molar refractivity (Wildman–Crippen MR) is 113 cm³/mol. The quantitative estimate of drug-likeness (QED) is 0.715. The van der Waals surface area contributed by atoms with E-state index in [1.807, 2.05) is 6.07 Å². The molecule has 3 aromatic rings. The third kappa shape index (κ3) is 4.21. The molecule has 1 aliphatic rings. The fourth-order valence-corrected chi connectivity index (χ4v) is 4.19. The van der Waals surface area contributed by atoms with Gasteiger partial charge in [0.25, 0.3) is 5.56 Å². The number of fused-ring (bicyclic) bond motifs is 1. The van der Waals surface area contributed by atoms with Gasteiger partial charge in [0.2, 0.25) is 0 Å². The van der Waals surface area contributed by atoms with Crippen LogP contribution < -0.4 is 11.2 Å². The largest absolute Gasteiger partial charge is 0.328 e. The number of hydrogen-bond donors (Lipinski definition) is 1. The van der Waals surface area contributed by atoms with Crippen molar-refractivity contribution < 1.29 is 0 Å². The number of nitrogens with one attached hydrogen (secondary N) is 1. The molecule has 4 rings (SSSR count). The van der Waals surface area contributed by atoms with Gasteiger partial charge in [0, 0.05) is 18.1 Å². The molecule has 2 aromatic carbocycles. The maximum absolute atomic E-state index is 12.7. The molecule has 1 aromatic heterocycles. The van der Waals surface area contributed by atoms with E-state index in [9.17, 15) is 9.59 Å². The van der Waals surface area contributed by atoms with E-state index in [4.69, 9.17) is 11.6 Å². The van der Waals surface area contributed by atoms with Crippen LogP contribution in [0.3, 0.4) is 0 Å². The normalized spacial score (nSPS) is 15.9. The molecule has 1 saturated heterocycles. The van der Waals surface area contributed by atoms with Gasteiger partial charge in [0.1, 0.15) is 0 Å². The molecule has 0 unspecified atom stereocenters. The molecule has 1 fully saturated rings. The Morgan fingerprint density at radius 3 is 2.54 bits per heavy atom. The number of nitrogens with zero attached hydrogens (tertiary/aromatic N) is 2. The molecule has 0 amide bonds. The van der Waals surface area contributed by atoms with Crippen molar-refractivity contribution >= 4 is 22.5 Å². The van der Waals surface area contributed by atoms with Crippen molar-refractivity contribution in [3.63, 3.8) is 0 Å². The number of aromatic nitrogens is 2. The molecule has 0 aliphatic carbocycles. The van der Waals surface area contributed by atoms with Gasteiger partial charge in [0.05, 0.1) is 10.9 Å². The number of aromatic amines is 1. The topological polar surface area (TPSA) is 58.1 Å². The number of benzene rings is 2. The van der Waals surface area contributed by atoms with Crippen LogP contribution in [0.5, 0.6) is 0 Å². The molecule has 0 saturated carbocycles. The van der Waals surface area contributed by atoms with E-state index in [1.165, 1.54) is 10.1 Å². The minimum atomic E-state index is -0.360. The van der Waals surface area contributed by atoms with E-state index in [0.717, 1.165) is 38.9 Å². The molecule has 2 heterocycles. The molecule has 0 spiro atoms. The van der Waals surface area contributed by atoms with Crippen LogP contribution >= 0.6 is 11.6 Å². The van der Waals surface area contributed by atoms with Crippen molar-refractivity contribution in [2.24, 2.45) is 5.92 Å². The van der Waals surface area contributed by atoms with Gasteiger partial charge in [-0.1, -0.05) is 41.9 Å². The second-order valence-electron chi connectivity index (χ2n) is 7.57. The summed E-state index contributed by atoms with van der Waals surface area (Å²) < 4.78 is 1.33. The van der Waals surface area contributed by atoms with E-state index >= 15 is 0 Å². The third-order valence-corrected chi connectivity index (χ3v) is 5.90. The zero-order chi connectivity index (χ0) is 19.5. The SMILES string of the molecule is O=c1[nH]c2cc(Cl)ccc2c(=O)n1CCC1CCN(Cc2ccccc2)CC1. The summed E-state index contributed by atoms with van der Waals surface area (Å²) in [4.78, 5) is 30.3. The summed E-state index contributed by atoms with van der Waals surface area (Å²) >= 11 is 5.95. The minimum absolute atomic E-state index is 0.239. The lowest BCUT2D eigenvalue weighted by Crippen LogP contribution is -2.37. The lowest BCUT2D eigenvalue weighted by Gasteiger charge is -2.32. The van der Waals surface area contributed by atoms with Crippen molar-refractivity contribution in [2.75, 3.05) is 13.1 Å². The Kier molecular flexibility index (Phi) is 5.64. The monoisotopic (exact) mass is 397 g/mol. The second kappa shape index (κ2) is 8.33. The summed E-state index contributed by atoms with van der Waals surface area (Å²) in [5.41, 5.74) is 1.24. The van der Waals surface area contributed by atoms with Crippen LogP contribution in [0, 0.1) is 5.92 Å². The summed E-state index contributed by atoms with van der Waals surface area (Å²) in [7, 11) is 0. The molecular formula is C22H24ClN3O2. The Morgan fingerprint density at radius 2 is 1.79 bits per heavy atom. The zero-order valence-corrected chi connectivity index (χ0v) is 16.5. The highest BCUT2D eigenvalue weighted by Crippen LogP contribution is 2.22. The van der Waals surface area contributed by atoms with Crippen molar-refractivity contribution in [2.45, 2.75) is 32.4 Å². The summed E-state index contributed by atoms with van der Waals surface area (Å²) in [5, 5.41) is 1.00. The summed E-state index contributed by atoms with van der Waals surface area (Å²) in [6.45, 7) is 3.55. The van der Waals surface area contributed by atoms with Gasteiger partial charge in [-0.15, -0.1) is 0 Å². The van der Waals surface area contributed by atoms with Gasteiger partial charge >= 0.3 is 5.69 Å². The van der Waals surface area contributed by atoms with Crippen LogP contribution in [-0.4, -0.2) is 27.5 Å². The van der Waals surface area contributed by atoms with Crippen LogP contribution in [0.4, 0.5) is 0 Å². The lowest BCUT2D eigenvalue weighted by atomic mass is 9.93. The van der Waals surface area contributed by atoms with E-state index in [-0.39, 0.29) is 11.2 Å². The number of piperidine rings is 1. The Hall–Kier alpha value is -2.37. The van der Waals surface area contributed by atoms with E-state index < -0.39 is 0 Å². The van der Waals surface area contributed by atoms with Gasteiger partial charge in [-0.25, -0.2) is 4.79 Å². The van der Waals surface area contributed by atoms with Gasteiger partial charge in [-0.3, -0.25) is 14.3 Å². The Bertz CT molecular complexity index is 1070. The maximum Gasteiger partial charge on any atom is 0.328 e. The Balaban J connectivity index is 1.37. The van der Waals surface area contributed by atoms with Crippen molar-refractivity contribution in [1.82, 2.24) is 14.5 Å². The average molecular weight is 398 g/mol. The highest BCUT2D eigenvalue weighted by Gasteiger charge is 2.20. The molecule has 5 nitrogen and oxygen atoms in total. The maximum atomic E-state index is 12.7. The molecular weight excluding hydrogens is 374 g/mol. The molecule has 28 heavy (non-hydrogen) atoms. The molecule has 0 atom stereocenters. The molecule has 0 bridgehead atoms. The lowest BCUT2D eigenvalue weighted by molar-refractivity contribution is 0.169. The molecule has 1 N–H and O–H groups in total. The van der Waals surface area contributed by atoms with Crippen molar-refractivity contribution in [1.29, 1.82) is 0 Å². The smallest absolute Gasteiger partial charge is 0.307 e. The number of likely N-dealkylation sites (tertiary alicyclic amines) is 1. The first-order chi connectivity index (χ1) is 13.6. The van der Waals surface area contributed by atoms with Crippen LogP contribution in [0.25, 0.3) is 10.9 Å². The van der Waals surface area contributed by atoms with Crippen LogP contribution in [0.15, 0.2) is 58.1 Å². The van der Waals surface area contributed by atoms with E-state index in [2.05, 4.69) is 34.1 Å². The molecule has 6 heteroatoms. The Morgan fingerprint density at radius 1 is 1.04 bits per heavy atom. The number of hydrogen-bond acceptors (Lipinski definition) is 3.